The number of hydrogen-bond donors (Lipinski definition) is 1. The van der Waals surface area contributed by atoms with E-state index in [1.54, 1.807) is 0 Å². The first kappa shape index (κ1) is 10.5. The second-order valence-corrected chi connectivity index (χ2v) is 5.61. The van der Waals surface area contributed by atoms with Crippen molar-refractivity contribution in [3.8, 4) is 0 Å². The molecule has 1 aliphatic heterocycles. The Bertz CT molecular complexity index is 295. The predicted octanol–water partition coefficient (Wildman–Crippen LogP) is 0.331. The summed E-state index contributed by atoms with van der Waals surface area (Å²) in [5.74, 6) is 1.04. The molecule has 1 saturated heterocycles. The number of nitrogens with zero attached hydrogens (tertiary/aromatic N) is 1. The van der Waals surface area contributed by atoms with Gasteiger partial charge in [-0.1, -0.05) is 6.92 Å². The Hall–Kier alpha value is -0.580. The summed E-state index contributed by atoms with van der Waals surface area (Å²) in [6, 6.07) is -0.0984. The van der Waals surface area contributed by atoms with Crippen LogP contribution in [-0.4, -0.2) is 31.8 Å². The summed E-state index contributed by atoms with van der Waals surface area (Å²) < 4.78 is 22.4. The fourth-order valence-electron chi connectivity index (χ4n) is 1.43. The average molecular weight is 204 g/mol. The molecule has 5 heteroatoms. The molecule has 1 aliphatic rings. The third kappa shape index (κ3) is 3.34. The molecule has 0 amide bonds. The van der Waals surface area contributed by atoms with Crippen LogP contribution < -0.4 is 5.73 Å². The Morgan fingerprint density at radius 1 is 1.62 bits per heavy atom. The van der Waals surface area contributed by atoms with Crippen LogP contribution in [0.15, 0.2) is 4.99 Å². The molecule has 0 aromatic carbocycles. The Morgan fingerprint density at radius 3 is 2.85 bits per heavy atom. The molecule has 1 rings (SSSR count). The maximum absolute atomic E-state index is 11.2. The molecule has 1 atom stereocenters. The van der Waals surface area contributed by atoms with E-state index in [4.69, 9.17) is 5.73 Å². The van der Waals surface area contributed by atoms with Crippen molar-refractivity contribution in [2.24, 2.45) is 10.7 Å². The van der Waals surface area contributed by atoms with Crippen LogP contribution in [0.1, 0.15) is 26.2 Å². The van der Waals surface area contributed by atoms with Crippen molar-refractivity contribution in [3.05, 3.63) is 0 Å². The van der Waals surface area contributed by atoms with E-state index < -0.39 is 9.84 Å². The van der Waals surface area contributed by atoms with Gasteiger partial charge in [-0.3, -0.25) is 4.99 Å². The first-order valence-electron chi connectivity index (χ1n) is 4.56. The van der Waals surface area contributed by atoms with Crippen LogP contribution in [-0.2, 0) is 9.84 Å². The molecule has 1 fully saturated rings. The second-order valence-electron chi connectivity index (χ2n) is 3.38. The van der Waals surface area contributed by atoms with E-state index >= 15 is 0 Å². The number of rotatable bonds is 2. The van der Waals surface area contributed by atoms with E-state index in [0.29, 0.717) is 24.4 Å². The van der Waals surface area contributed by atoms with E-state index in [9.17, 15) is 8.42 Å². The minimum absolute atomic E-state index is 0.0984. The van der Waals surface area contributed by atoms with Crippen molar-refractivity contribution < 1.29 is 8.42 Å². The molecule has 1 unspecified atom stereocenters. The van der Waals surface area contributed by atoms with E-state index in [0.717, 1.165) is 6.42 Å². The fourth-order valence-corrected chi connectivity index (χ4v) is 3.03. The summed E-state index contributed by atoms with van der Waals surface area (Å²) >= 11 is 0. The molecular formula is C8H16N2O2S. The lowest BCUT2D eigenvalue weighted by Gasteiger charge is -2.18. The molecular weight excluding hydrogens is 188 g/mol. The van der Waals surface area contributed by atoms with Crippen LogP contribution in [0.3, 0.4) is 0 Å². The van der Waals surface area contributed by atoms with Gasteiger partial charge < -0.3 is 5.73 Å². The number of aliphatic imine (C=N–C) groups is 1. The molecule has 0 radical (unpaired) electrons. The standard InChI is InChI=1S/C8H16N2O2S/c1-2-8(9)10-7-4-3-5-13(11,12)6-7/h7H,2-6H2,1H3,(H2,9,10). The molecule has 0 aromatic rings. The Labute approximate surface area is 79.1 Å². The Balaban J connectivity index is 2.63. The fraction of sp³-hybridized carbons (Fsp3) is 0.875. The van der Waals surface area contributed by atoms with Crippen molar-refractivity contribution >= 4 is 15.7 Å². The summed E-state index contributed by atoms with van der Waals surface area (Å²) in [5.41, 5.74) is 5.55. The van der Waals surface area contributed by atoms with Gasteiger partial charge in [-0.05, 0) is 12.8 Å². The highest BCUT2D eigenvalue weighted by atomic mass is 32.2. The van der Waals surface area contributed by atoms with Crippen LogP contribution in [0, 0.1) is 0 Å². The highest BCUT2D eigenvalue weighted by molar-refractivity contribution is 7.91. The number of hydrogen-bond acceptors (Lipinski definition) is 3. The van der Waals surface area contributed by atoms with Crippen LogP contribution in [0.4, 0.5) is 0 Å². The van der Waals surface area contributed by atoms with Gasteiger partial charge in [0.05, 0.1) is 23.4 Å². The topological polar surface area (TPSA) is 72.5 Å². The largest absolute Gasteiger partial charge is 0.387 e. The maximum Gasteiger partial charge on any atom is 0.152 e. The minimum atomic E-state index is -2.85. The zero-order valence-corrected chi connectivity index (χ0v) is 8.68. The molecule has 0 bridgehead atoms. The van der Waals surface area contributed by atoms with E-state index in [-0.39, 0.29) is 11.8 Å². The zero-order valence-electron chi connectivity index (χ0n) is 7.86. The third-order valence-electron chi connectivity index (χ3n) is 2.15. The van der Waals surface area contributed by atoms with E-state index in [1.807, 2.05) is 6.92 Å². The maximum atomic E-state index is 11.2. The Kier molecular flexibility index (Phi) is 3.30. The summed E-state index contributed by atoms with van der Waals surface area (Å²) in [7, 11) is -2.85. The van der Waals surface area contributed by atoms with Gasteiger partial charge in [0.2, 0.25) is 0 Å². The summed E-state index contributed by atoms with van der Waals surface area (Å²) in [4.78, 5) is 4.17. The number of sulfone groups is 1. The van der Waals surface area contributed by atoms with Gasteiger partial charge in [0, 0.05) is 6.42 Å². The highest BCUT2D eigenvalue weighted by Gasteiger charge is 2.24. The first-order valence-corrected chi connectivity index (χ1v) is 6.38. The normalized spacial score (nSPS) is 28.7. The van der Waals surface area contributed by atoms with Gasteiger partial charge in [-0.2, -0.15) is 0 Å². The third-order valence-corrected chi connectivity index (χ3v) is 3.95. The Morgan fingerprint density at radius 2 is 2.31 bits per heavy atom. The minimum Gasteiger partial charge on any atom is -0.387 e. The van der Waals surface area contributed by atoms with Crippen molar-refractivity contribution in [2.75, 3.05) is 11.5 Å². The molecule has 0 aromatic heterocycles. The van der Waals surface area contributed by atoms with Crippen LogP contribution in [0.2, 0.25) is 0 Å². The van der Waals surface area contributed by atoms with Crippen LogP contribution in [0.5, 0.6) is 0 Å². The lowest BCUT2D eigenvalue weighted by Crippen LogP contribution is -2.29. The van der Waals surface area contributed by atoms with Crippen LogP contribution >= 0.6 is 0 Å². The van der Waals surface area contributed by atoms with Crippen LogP contribution in [0.25, 0.3) is 0 Å². The zero-order chi connectivity index (χ0) is 9.90. The number of amidine groups is 1. The first-order chi connectivity index (χ1) is 6.03. The van der Waals surface area contributed by atoms with Gasteiger partial charge in [0.15, 0.2) is 9.84 Å². The quantitative estimate of drug-likeness (QED) is 0.520. The molecule has 76 valence electrons. The number of nitrogens with two attached hydrogens (primary N) is 1. The summed E-state index contributed by atoms with van der Waals surface area (Å²) in [6.07, 6.45) is 2.25. The molecule has 0 saturated carbocycles. The van der Waals surface area contributed by atoms with Gasteiger partial charge in [0.1, 0.15) is 0 Å². The highest BCUT2D eigenvalue weighted by Crippen LogP contribution is 2.14. The molecule has 1 heterocycles. The van der Waals surface area contributed by atoms with Crippen molar-refractivity contribution in [1.82, 2.24) is 0 Å². The summed E-state index contributed by atoms with van der Waals surface area (Å²) in [6.45, 7) is 1.91. The SMILES string of the molecule is CCC(N)=NC1CCCS(=O)(=O)C1. The monoisotopic (exact) mass is 204 g/mol. The smallest absolute Gasteiger partial charge is 0.152 e. The van der Waals surface area contributed by atoms with Gasteiger partial charge in [-0.25, -0.2) is 8.42 Å². The average Bonchev–Trinajstić information content (AvgIpc) is 2.02. The molecule has 0 aliphatic carbocycles. The van der Waals surface area contributed by atoms with Gasteiger partial charge in [-0.15, -0.1) is 0 Å². The van der Waals surface area contributed by atoms with E-state index in [1.165, 1.54) is 0 Å². The lowest BCUT2D eigenvalue weighted by atomic mass is 10.2. The second kappa shape index (κ2) is 4.09. The molecule has 2 N–H and O–H groups in total. The van der Waals surface area contributed by atoms with E-state index in [2.05, 4.69) is 4.99 Å². The molecule has 4 nitrogen and oxygen atoms in total. The van der Waals surface area contributed by atoms with Gasteiger partial charge in [0.25, 0.3) is 0 Å². The molecule has 13 heavy (non-hydrogen) atoms. The van der Waals surface area contributed by atoms with Crippen molar-refractivity contribution in [1.29, 1.82) is 0 Å². The lowest BCUT2D eigenvalue weighted by molar-refractivity contribution is 0.552. The molecule has 0 spiro atoms. The van der Waals surface area contributed by atoms with Crippen molar-refractivity contribution in [2.45, 2.75) is 32.2 Å². The predicted molar refractivity (Wildman–Crippen MR) is 53.6 cm³/mol. The van der Waals surface area contributed by atoms with Crippen molar-refractivity contribution in [3.63, 3.8) is 0 Å². The summed E-state index contributed by atoms with van der Waals surface area (Å²) in [5, 5.41) is 0. The van der Waals surface area contributed by atoms with Gasteiger partial charge >= 0.3 is 0 Å².